The number of nitrogens with zero attached hydrogens (tertiary/aromatic N) is 3. The highest BCUT2D eigenvalue weighted by Crippen LogP contribution is 2.39. The van der Waals surface area contributed by atoms with Crippen LogP contribution in [-0.2, 0) is 22.4 Å². The number of anilines is 1. The molecule has 1 aromatic carbocycles. The van der Waals surface area contributed by atoms with Crippen LogP contribution in [0.2, 0.25) is 0 Å². The molecule has 0 radical (unpaired) electrons. The lowest BCUT2D eigenvalue weighted by Gasteiger charge is -2.14. The minimum absolute atomic E-state index is 0.181. The Morgan fingerprint density at radius 3 is 2.66 bits per heavy atom. The van der Waals surface area contributed by atoms with Gasteiger partial charge in [0.25, 0.3) is 0 Å². The summed E-state index contributed by atoms with van der Waals surface area (Å²) in [7, 11) is 1.38. The summed E-state index contributed by atoms with van der Waals surface area (Å²) in [4.78, 5) is 27.0. The van der Waals surface area contributed by atoms with Crippen molar-refractivity contribution in [3.05, 3.63) is 50.9 Å². The maximum Gasteiger partial charge on any atom is 0.341 e. The van der Waals surface area contributed by atoms with Gasteiger partial charge in [0.05, 0.1) is 23.4 Å². The smallest absolute Gasteiger partial charge is 0.341 e. The number of carbonyl (C=O) groups excluding carboxylic acids is 2. The van der Waals surface area contributed by atoms with Crippen LogP contribution in [0.25, 0.3) is 16.6 Å². The summed E-state index contributed by atoms with van der Waals surface area (Å²) < 4.78 is 7.07. The molecule has 0 spiro atoms. The van der Waals surface area contributed by atoms with Crippen LogP contribution in [0.4, 0.5) is 5.00 Å². The van der Waals surface area contributed by atoms with Crippen LogP contribution in [0.5, 0.6) is 0 Å². The van der Waals surface area contributed by atoms with Crippen LogP contribution < -0.4 is 5.32 Å². The fraction of sp³-hybridized carbons (Fsp3) is 0.385. The Kier molecular flexibility index (Phi) is 6.31. The first kappa shape index (κ1) is 23.8. The van der Waals surface area contributed by atoms with E-state index >= 15 is 0 Å². The molecule has 1 aliphatic rings. The minimum Gasteiger partial charge on any atom is -0.465 e. The lowest BCUT2D eigenvalue weighted by atomic mass is 9.95. The van der Waals surface area contributed by atoms with Gasteiger partial charge >= 0.3 is 5.97 Å². The molecule has 9 heteroatoms. The molecule has 1 amide bonds. The van der Waals surface area contributed by atoms with Gasteiger partial charge in [-0.05, 0) is 82.2 Å². The quantitative estimate of drug-likeness (QED) is 0.277. The zero-order valence-corrected chi connectivity index (χ0v) is 22.2. The summed E-state index contributed by atoms with van der Waals surface area (Å²) in [6.07, 6.45) is 3.91. The number of aromatic nitrogens is 3. The molecule has 7 nitrogen and oxygen atoms in total. The van der Waals surface area contributed by atoms with E-state index < -0.39 is 11.2 Å². The molecule has 0 aliphatic heterocycles. The standard InChI is InChI=1S/C26H28N4O3S2/c1-13-10-15(3)22-18(11-13)14(2)12-20-28-29-26(30(20)22)34-16(4)23(31)27-24-21(25(32)33-5)17-8-6-7-9-19(17)35-24/h10-12,16H,6-9H2,1-5H3,(H,27,31). The molecular weight excluding hydrogens is 480 g/mol. The van der Waals surface area contributed by atoms with Crippen LogP contribution in [0, 0.1) is 20.8 Å². The van der Waals surface area contributed by atoms with Gasteiger partial charge in [0, 0.05) is 10.3 Å². The Morgan fingerprint density at radius 1 is 1.11 bits per heavy atom. The van der Waals surface area contributed by atoms with E-state index in [1.54, 1.807) is 0 Å². The molecule has 0 bridgehead atoms. The number of amides is 1. The van der Waals surface area contributed by atoms with Crippen molar-refractivity contribution in [1.82, 2.24) is 14.6 Å². The van der Waals surface area contributed by atoms with Gasteiger partial charge in [0.15, 0.2) is 10.8 Å². The number of methoxy groups -OCH3 is 1. The van der Waals surface area contributed by atoms with Crippen molar-refractivity contribution < 1.29 is 14.3 Å². The summed E-state index contributed by atoms with van der Waals surface area (Å²) in [6, 6.07) is 6.36. The molecule has 0 saturated heterocycles. The SMILES string of the molecule is COC(=O)c1c(NC(=O)C(C)Sc2nnc3cc(C)c4cc(C)cc(C)c4n23)sc2c1CCCC2. The van der Waals surface area contributed by atoms with Crippen LogP contribution in [0.15, 0.2) is 23.4 Å². The van der Waals surface area contributed by atoms with Crippen molar-refractivity contribution in [2.45, 2.75) is 63.8 Å². The van der Waals surface area contributed by atoms with Crippen molar-refractivity contribution in [2.75, 3.05) is 12.4 Å². The Balaban J connectivity index is 1.46. The van der Waals surface area contributed by atoms with Crippen LogP contribution >= 0.6 is 23.1 Å². The van der Waals surface area contributed by atoms with E-state index in [9.17, 15) is 9.59 Å². The molecule has 1 atom stereocenters. The molecule has 3 aromatic heterocycles. The van der Waals surface area contributed by atoms with E-state index in [2.05, 4.69) is 48.4 Å². The van der Waals surface area contributed by atoms with Crippen molar-refractivity contribution >= 4 is 56.5 Å². The molecule has 5 rings (SSSR count). The van der Waals surface area contributed by atoms with Crippen LogP contribution in [0.1, 0.15) is 57.3 Å². The van der Waals surface area contributed by atoms with Crippen molar-refractivity contribution in [3.8, 4) is 0 Å². The summed E-state index contributed by atoms with van der Waals surface area (Å²) in [5, 5.41) is 13.8. The zero-order valence-electron chi connectivity index (χ0n) is 20.5. The zero-order chi connectivity index (χ0) is 24.9. The Morgan fingerprint density at radius 2 is 1.89 bits per heavy atom. The number of nitrogens with one attached hydrogen (secondary N) is 1. The van der Waals surface area contributed by atoms with Crippen LogP contribution in [0.3, 0.4) is 0 Å². The average Bonchev–Trinajstić information content (AvgIpc) is 3.39. The topological polar surface area (TPSA) is 85.6 Å². The van der Waals surface area contributed by atoms with E-state index in [-0.39, 0.29) is 5.91 Å². The highest BCUT2D eigenvalue weighted by molar-refractivity contribution is 8.00. The Labute approximate surface area is 212 Å². The Hall–Kier alpha value is -2.91. The molecule has 1 aliphatic carbocycles. The fourth-order valence-corrected chi connectivity index (χ4v) is 7.03. The molecule has 4 aromatic rings. The highest BCUT2D eigenvalue weighted by Gasteiger charge is 2.28. The first-order valence-electron chi connectivity index (χ1n) is 11.7. The predicted octanol–water partition coefficient (Wildman–Crippen LogP) is 5.65. The number of thioether (sulfide) groups is 1. The number of benzene rings is 1. The average molecular weight is 509 g/mol. The van der Waals surface area contributed by atoms with Gasteiger partial charge in [0.1, 0.15) is 5.00 Å². The van der Waals surface area contributed by atoms with Crippen LogP contribution in [-0.4, -0.2) is 38.8 Å². The van der Waals surface area contributed by atoms with E-state index in [1.165, 1.54) is 40.6 Å². The number of rotatable bonds is 5. The third kappa shape index (κ3) is 4.21. The van der Waals surface area contributed by atoms with Gasteiger partial charge in [0.2, 0.25) is 5.91 Å². The van der Waals surface area contributed by atoms with Crippen molar-refractivity contribution in [1.29, 1.82) is 0 Å². The molecule has 0 saturated carbocycles. The summed E-state index contributed by atoms with van der Waals surface area (Å²) in [5.74, 6) is -0.574. The number of pyridine rings is 1. The number of thiophene rings is 1. The number of hydrogen-bond donors (Lipinski definition) is 1. The predicted molar refractivity (Wildman–Crippen MR) is 141 cm³/mol. The summed E-state index contributed by atoms with van der Waals surface area (Å²) in [6.45, 7) is 8.11. The number of fused-ring (bicyclic) bond motifs is 4. The maximum absolute atomic E-state index is 13.2. The van der Waals surface area contributed by atoms with Crippen molar-refractivity contribution in [3.63, 3.8) is 0 Å². The van der Waals surface area contributed by atoms with Gasteiger partial charge in [-0.1, -0.05) is 23.4 Å². The van der Waals surface area contributed by atoms with Gasteiger partial charge < -0.3 is 10.1 Å². The third-order valence-electron chi connectivity index (χ3n) is 6.55. The van der Waals surface area contributed by atoms with E-state index in [4.69, 9.17) is 4.74 Å². The first-order valence-corrected chi connectivity index (χ1v) is 13.4. The first-order chi connectivity index (χ1) is 16.8. The van der Waals surface area contributed by atoms with Crippen molar-refractivity contribution in [2.24, 2.45) is 0 Å². The molecular formula is C26H28N4O3S2. The van der Waals surface area contributed by atoms with Gasteiger partial charge in [-0.2, -0.15) is 0 Å². The van der Waals surface area contributed by atoms with Gasteiger partial charge in [-0.15, -0.1) is 21.5 Å². The van der Waals surface area contributed by atoms with Gasteiger partial charge in [-0.25, -0.2) is 4.79 Å². The number of ether oxygens (including phenoxy) is 1. The summed E-state index contributed by atoms with van der Waals surface area (Å²) >= 11 is 2.85. The number of hydrogen-bond acceptors (Lipinski definition) is 7. The monoisotopic (exact) mass is 508 g/mol. The lowest BCUT2D eigenvalue weighted by molar-refractivity contribution is -0.115. The molecule has 1 unspecified atom stereocenters. The van der Waals surface area contributed by atoms with E-state index in [0.29, 0.717) is 15.7 Å². The van der Waals surface area contributed by atoms with E-state index in [0.717, 1.165) is 58.9 Å². The normalized spacial score (nSPS) is 14.2. The lowest BCUT2D eigenvalue weighted by Crippen LogP contribution is -2.23. The molecule has 3 heterocycles. The second-order valence-corrected chi connectivity index (χ2v) is 11.6. The molecule has 35 heavy (non-hydrogen) atoms. The minimum atomic E-state index is -0.450. The largest absolute Gasteiger partial charge is 0.465 e. The number of esters is 1. The van der Waals surface area contributed by atoms with Gasteiger partial charge in [-0.3, -0.25) is 9.20 Å². The summed E-state index contributed by atoms with van der Waals surface area (Å²) in [5.41, 5.74) is 6.84. The highest BCUT2D eigenvalue weighted by atomic mass is 32.2. The number of aryl methyl sites for hydroxylation is 4. The molecule has 182 valence electrons. The third-order valence-corrected chi connectivity index (χ3v) is 8.80. The molecule has 1 N–H and O–H groups in total. The van der Waals surface area contributed by atoms with E-state index in [1.807, 2.05) is 17.4 Å². The maximum atomic E-state index is 13.2. The Bertz CT molecular complexity index is 1490. The number of carbonyl (C=O) groups is 2. The second kappa shape index (κ2) is 9.28. The second-order valence-electron chi connectivity index (χ2n) is 9.14. The molecule has 0 fully saturated rings. The fourth-order valence-electron chi connectivity index (χ4n) is 4.89.